The minimum absolute atomic E-state index is 0.146. The molecular weight excluding hydrogens is 288 g/mol. The zero-order valence-electron chi connectivity index (χ0n) is 13.7. The van der Waals surface area contributed by atoms with E-state index in [-0.39, 0.29) is 5.92 Å². The highest BCUT2D eigenvalue weighted by atomic mass is 16.2. The standard InChI is InChI=1S/C19H22N2O2/c1-13-8-7-9-14(2)17(13)21-19(23)18(22)20-12-15(3)16-10-5-4-6-11-16/h4-11,15H,12H2,1-3H3,(H,20,22)(H,21,23)/t15-/m0/s1. The molecule has 2 rings (SSSR count). The Kier molecular flexibility index (Phi) is 5.52. The van der Waals surface area contributed by atoms with Gasteiger partial charge in [0.25, 0.3) is 0 Å². The molecule has 0 spiro atoms. The number of para-hydroxylation sites is 1. The van der Waals surface area contributed by atoms with Gasteiger partial charge in [-0.25, -0.2) is 0 Å². The van der Waals surface area contributed by atoms with Crippen LogP contribution in [0, 0.1) is 13.8 Å². The number of nitrogens with one attached hydrogen (secondary N) is 2. The molecule has 4 nitrogen and oxygen atoms in total. The summed E-state index contributed by atoms with van der Waals surface area (Å²) in [6.07, 6.45) is 0. The summed E-state index contributed by atoms with van der Waals surface area (Å²) in [6, 6.07) is 15.6. The maximum absolute atomic E-state index is 12.0. The largest absolute Gasteiger partial charge is 0.347 e. The highest BCUT2D eigenvalue weighted by Crippen LogP contribution is 2.19. The first kappa shape index (κ1) is 16.7. The van der Waals surface area contributed by atoms with Crippen molar-refractivity contribution in [1.29, 1.82) is 0 Å². The van der Waals surface area contributed by atoms with Crippen LogP contribution in [-0.4, -0.2) is 18.4 Å². The maximum atomic E-state index is 12.0. The minimum Gasteiger partial charge on any atom is -0.347 e. The summed E-state index contributed by atoms with van der Waals surface area (Å²) in [5, 5.41) is 5.38. The van der Waals surface area contributed by atoms with Gasteiger partial charge in [0, 0.05) is 12.2 Å². The van der Waals surface area contributed by atoms with Crippen molar-refractivity contribution in [2.45, 2.75) is 26.7 Å². The van der Waals surface area contributed by atoms with E-state index in [1.54, 1.807) is 0 Å². The first-order chi connectivity index (χ1) is 11.0. The van der Waals surface area contributed by atoms with E-state index in [1.165, 1.54) is 0 Å². The number of carbonyl (C=O) groups is 2. The summed E-state index contributed by atoms with van der Waals surface area (Å²) in [6.45, 7) is 6.23. The Morgan fingerprint density at radius 3 is 2.13 bits per heavy atom. The summed E-state index contributed by atoms with van der Waals surface area (Å²) in [4.78, 5) is 24.0. The third-order valence-electron chi connectivity index (χ3n) is 3.86. The number of aryl methyl sites for hydroxylation is 2. The maximum Gasteiger partial charge on any atom is 0.313 e. The van der Waals surface area contributed by atoms with Gasteiger partial charge in [-0.1, -0.05) is 55.5 Å². The second-order valence-electron chi connectivity index (χ2n) is 5.74. The van der Waals surface area contributed by atoms with Gasteiger partial charge in [0.2, 0.25) is 0 Å². The molecule has 2 amide bonds. The highest BCUT2D eigenvalue weighted by Gasteiger charge is 2.16. The third-order valence-corrected chi connectivity index (χ3v) is 3.86. The first-order valence-electron chi connectivity index (χ1n) is 7.69. The lowest BCUT2D eigenvalue weighted by Gasteiger charge is -2.14. The summed E-state index contributed by atoms with van der Waals surface area (Å²) >= 11 is 0. The molecule has 2 aromatic carbocycles. The molecule has 0 bridgehead atoms. The predicted octanol–water partition coefficient (Wildman–Crippen LogP) is 3.16. The molecule has 23 heavy (non-hydrogen) atoms. The van der Waals surface area contributed by atoms with Crippen LogP contribution >= 0.6 is 0 Å². The lowest BCUT2D eigenvalue weighted by atomic mass is 10.0. The molecular formula is C19H22N2O2. The van der Waals surface area contributed by atoms with Crippen LogP contribution in [0.25, 0.3) is 0 Å². The van der Waals surface area contributed by atoms with Crippen molar-refractivity contribution in [3.8, 4) is 0 Å². The van der Waals surface area contributed by atoms with Gasteiger partial charge in [-0.2, -0.15) is 0 Å². The van der Waals surface area contributed by atoms with Gasteiger partial charge in [-0.15, -0.1) is 0 Å². The quantitative estimate of drug-likeness (QED) is 0.852. The summed E-state index contributed by atoms with van der Waals surface area (Å²) in [7, 11) is 0. The number of rotatable bonds is 4. The number of benzene rings is 2. The molecule has 0 aromatic heterocycles. The molecule has 0 saturated carbocycles. The molecule has 120 valence electrons. The molecule has 4 heteroatoms. The van der Waals surface area contributed by atoms with E-state index in [9.17, 15) is 9.59 Å². The average Bonchev–Trinajstić information content (AvgIpc) is 2.56. The fraction of sp³-hybridized carbons (Fsp3) is 0.263. The van der Waals surface area contributed by atoms with E-state index in [2.05, 4.69) is 10.6 Å². The fourth-order valence-corrected chi connectivity index (χ4v) is 2.41. The second-order valence-corrected chi connectivity index (χ2v) is 5.74. The van der Waals surface area contributed by atoms with E-state index >= 15 is 0 Å². The van der Waals surface area contributed by atoms with Crippen LogP contribution in [0.2, 0.25) is 0 Å². The Bertz CT molecular complexity index is 676. The molecule has 0 unspecified atom stereocenters. The van der Waals surface area contributed by atoms with Crippen LogP contribution < -0.4 is 10.6 Å². The van der Waals surface area contributed by atoms with Gasteiger partial charge in [0.05, 0.1) is 0 Å². The Labute approximate surface area is 136 Å². The molecule has 0 aliphatic heterocycles. The molecule has 0 fully saturated rings. The van der Waals surface area contributed by atoms with Crippen LogP contribution in [-0.2, 0) is 9.59 Å². The Morgan fingerprint density at radius 1 is 0.913 bits per heavy atom. The highest BCUT2D eigenvalue weighted by molar-refractivity contribution is 6.39. The predicted molar refractivity (Wildman–Crippen MR) is 92.4 cm³/mol. The van der Waals surface area contributed by atoms with E-state index < -0.39 is 11.8 Å². The average molecular weight is 310 g/mol. The van der Waals surface area contributed by atoms with Crippen LogP contribution in [0.1, 0.15) is 29.5 Å². The summed E-state index contributed by atoms with van der Waals surface area (Å²) in [5.74, 6) is -1.11. The van der Waals surface area contributed by atoms with Crippen molar-refractivity contribution in [2.75, 3.05) is 11.9 Å². The van der Waals surface area contributed by atoms with Crippen LogP contribution in [0.15, 0.2) is 48.5 Å². The van der Waals surface area contributed by atoms with Crippen LogP contribution in [0.5, 0.6) is 0 Å². The SMILES string of the molecule is Cc1cccc(C)c1NC(=O)C(=O)NC[C@H](C)c1ccccc1. The van der Waals surface area contributed by atoms with Gasteiger partial charge in [0.15, 0.2) is 0 Å². The summed E-state index contributed by atoms with van der Waals surface area (Å²) in [5.41, 5.74) is 3.69. The molecule has 0 aliphatic carbocycles. The molecule has 0 radical (unpaired) electrons. The summed E-state index contributed by atoms with van der Waals surface area (Å²) < 4.78 is 0. The zero-order chi connectivity index (χ0) is 16.8. The molecule has 0 aliphatic rings. The van der Waals surface area contributed by atoms with Crippen LogP contribution in [0.3, 0.4) is 0 Å². The molecule has 1 atom stereocenters. The normalized spacial score (nSPS) is 11.6. The smallest absolute Gasteiger partial charge is 0.313 e. The van der Waals surface area contributed by atoms with Crippen molar-refractivity contribution >= 4 is 17.5 Å². The Morgan fingerprint density at radius 2 is 1.52 bits per heavy atom. The number of amides is 2. The first-order valence-corrected chi connectivity index (χ1v) is 7.69. The van der Waals surface area contributed by atoms with Crippen molar-refractivity contribution in [3.05, 3.63) is 65.2 Å². The Balaban J connectivity index is 1.92. The third kappa shape index (κ3) is 4.42. The number of anilines is 1. The lowest BCUT2D eigenvalue weighted by molar-refractivity contribution is -0.136. The van der Waals surface area contributed by atoms with Crippen molar-refractivity contribution < 1.29 is 9.59 Å². The van der Waals surface area contributed by atoms with Crippen LogP contribution in [0.4, 0.5) is 5.69 Å². The molecule has 0 heterocycles. The van der Waals surface area contributed by atoms with E-state index in [1.807, 2.05) is 69.3 Å². The fourth-order valence-electron chi connectivity index (χ4n) is 2.41. The van der Waals surface area contributed by atoms with Gasteiger partial charge < -0.3 is 10.6 Å². The number of hydrogen-bond acceptors (Lipinski definition) is 2. The van der Waals surface area contributed by atoms with Crippen molar-refractivity contribution in [2.24, 2.45) is 0 Å². The van der Waals surface area contributed by atoms with E-state index in [4.69, 9.17) is 0 Å². The zero-order valence-corrected chi connectivity index (χ0v) is 13.7. The molecule has 2 N–H and O–H groups in total. The number of hydrogen-bond donors (Lipinski definition) is 2. The minimum atomic E-state index is -0.636. The van der Waals surface area contributed by atoms with Crippen molar-refractivity contribution in [1.82, 2.24) is 5.32 Å². The van der Waals surface area contributed by atoms with E-state index in [0.29, 0.717) is 12.2 Å². The van der Waals surface area contributed by atoms with Gasteiger partial charge in [0.1, 0.15) is 0 Å². The Hall–Kier alpha value is -2.62. The second kappa shape index (κ2) is 7.58. The van der Waals surface area contributed by atoms with Gasteiger partial charge in [-0.3, -0.25) is 9.59 Å². The molecule has 0 saturated heterocycles. The lowest BCUT2D eigenvalue weighted by Crippen LogP contribution is -2.37. The number of carbonyl (C=O) groups excluding carboxylic acids is 2. The topological polar surface area (TPSA) is 58.2 Å². The monoisotopic (exact) mass is 310 g/mol. The van der Waals surface area contributed by atoms with Gasteiger partial charge >= 0.3 is 11.8 Å². The van der Waals surface area contributed by atoms with E-state index in [0.717, 1.165) is 16.7 Å². The molecule has 2 aromatic rings. The van der Waals surface area contributed by atoms with Gasteiger partial charge in [-0.05, 0) is 36.5 Å². The van der Waals surface area contributed by atoms with Crippen molar-refractivity contribution in [3.63, 3.8) is 0 Å².